The lowest BCUT2D eigenvalue weighted by Crippen LogP contribution is -2.42. The molecule has 0 aromatic heterocycles. The molecular formula is C12H14FIN2O3. The second-order valence-corrected chi connectivity index (χ2v) is 6.01. The average molecular weight is 380 g/mol. The van der Waals surface area contributed by atoms with Gasteiger partial charge >= 0.3 is 5.69 Å². The predicted octanol–water partition coefficient (Wildman–Crippen LogP) is 2.99. The number of nitro groups is 1. The zero-order valence-electron chi connectivity index (χ0n) is 10.2. The van der Waals surface area contributed by atoms with Crippen molar-refractivity contribution in [2.24, 2.45) is 5.73 Å². The van der Waals surface area contributed by atoms with Gasteiger partial charge < -0.3 is 10.5 Å². The molecule has 2 N–H and O–H groups in total. The lowest BCUT2D eigenvalue weighted by Gasteiger charge is -2.23. The monoisotopic (exact) mass is 380 g/mol. The van der Waals surface area contributed by atoms with E-state index in [1.54, 1.807) is 22.6 Å². The van der Waals surface area contributed by atoms with Gasteiger partial charge in [0, 0.05) is 12.1 Å². The summed E-state index contributed by atoms with van der Waals surface area (Å²) in [6, 6.07) is 2.22. The zero-order chi connectivity index (χ0) is 14.0. The average Bonchev–Trinajstić information content (AvgIpc) is 2.77. The summed E-state index contributed by atoms with van der Waals surface area (Å²) in [5.74, 6) is -0.585. The number of nitrogens with zero attached hydrogens (tertiary/aromatic N) is 1. The number of rotatable bonds is 4. The molecule has 1 fully saturated rings. The molecule has 0 amide bonds. The Morgan fingerprint density at radius 2 is 2.11 bits per heavy atom. The molecule has 7 heteroatoms. The number of ether oxygens (including phenoxy) is 1. The zero-order valence-corrected chi connectivity index (χ0v) is 12.4. The minimum absolute atomic E-state index is 0.0559. The normalized spacial score (nSPS) is 17.4. The summed E-state index contributed by atoms with van der Waals surface area (Å²) in [5.41, 5.74) is 5.43. The Hall–Kier alpha value is -0.960. The van der Waals surface area contributed by atoms with E-state index in [1.165, 1.54) is 6.07 Å². The Balaban J connectivity index is 2.19. The maximum atomic E-state index is 13.5. The van der Waals surface area contributed by atoms with Gasteiger partial charge in [-0.2, -0.15) is 0 Å². The number of nitrogens with two attached hydrogens (primary N) is 1. The Morgan fingerprint density at radius 1 is 1.47 bits per heavy atom. The van der Waals surface area contributed by atoms with Crippen molar-refractivity contribution in [3.63, 3.8) is 0 Å². The maximum absolute atomic E-state index is 13.5. The highest BCUT2D eigenvalue weighted by Gasteiger charge is 2.31. The first-order chi connectivity index (χ1) is 8.91. The van der Waals surface area contributed by atoms with Crippen molar-refractivity contribution in [2.75, 3.05) is 6.61 Å². The lowest BCUT2D eigenvalue weighted by molar-refractivity contribution is -0.386. The smallest absolute Gasteiger partial charge is 0.312 e. The van der Waals surface area contributed by atoms with Gasteiger partial charge in [-0.1, -0.05) is 12.8 Å². The van der Waals surface area contributed by atoms with Crippen LogP contribution in [0.4, 0.5) is 10.1 Å². The fourth-order valence-corrected chi connectivity index (χ4v) is 2.67. The van der Waals surface area contributed by atoms with E-state index in [0.717, 1.165) is 31.7 Å². The molecule has 2 rings (SSSR count). The van der Waals surface area contributed by atoms with Crippen LogP contribution in [0.2, 0.25) is 0 Å². The van der Waals surface area contributed by atoms with Gasteiger partial charge in [-0.15, -0.1) is 0 Å². The van der Waals surface area contributed by atoms with Crippen LogP contribution in [-0.2, 0) is 0 Å². The van der Waals surface area contributed by atoms with Gasteiger partial charge in [-0.05, 0) is 35.4 Å². The maximum Gasteiger partial charge on any atom is 0.312 e. The van der Waals surface area contributed by atoms with E-state index in [9.17, 15) is 14.5 Å². The summed E-state index contributed by atoms with van der Waals surface area (Å²) in [7, 11) is 0. The van der Waals surface area contributed by atoms with Gasteiger partial charge in [0.1, 0.15) is 12.4 Å². The summed E-state index contributed by atoms with van der Waals surface area (Å²) in [6.45, 7) is 0.174. The summed E-state index contributed by atoms with van der Waals surface area (Å²) >= 11 is 1.71. The highest BCUT2D eigenvalue weighted by atomic mass is 127. The van der Waals surface area contributed by atoms with E-state index in [0.29, 0.717) is 0 Å². The standard InChI is InChI=1S/C12H14FIN2O3/c13-8-5-11(10(16(17)18)6-9(8)14)19-7-12(15)3-1-2-4-12/h5-6H,1-4,7,15H2. The van der Waals surface area contributed by atoms with Crippen molar-refractivity contribution < 1.29 is 14.1 Å². The molecule has 0 saturated heterocycles. The third kappa shape index (κ3) is 3.33. The molecule has 0 bridgehead atoms. The third-order valence-corrected chi connectivity index (χ3v) is 4.14. The second-order valence-electron chi connectivity index (χ2n) is 4.85. The summed E-state index contributed by atoms with van der Waals surface area (Å²) in [6.07, 6.45) is 3.72. The largest absolute Gasteiger partial charge is 0.485 e. The van der Waals surface area contributed by atoms with Crippen LogP contribution in [0.25, 0.3) is 0 Å². The van der Waals surface area contributed by atoms with Crippen LogP contribution in [0.3, 0.4) is 0 Å². The van der Waals surface area contributed by atoms with Gasteiger partial charge in [0.05, 0.1) is 14.0 Å². The highest BCUT2D eigenvalue weighted by molar-refractivity contribution is 14.1. The van der Waals surface area contributed by atoms with E-state index in [4.69, 9.17) is 10.5 Å². The highest BCUT2D eigenvalue weighted by Crippen LogP contribution is 2.33. The van der Waals surface area contributed by atoms with Gasteiger partial charge in [0.2, 0.25) is 0 Å². The first-order valence-electron chi connectivity index (χ1n) is 5.96. The van der Waals surface area contributed by atoms with Crippen molar-refractivity contribution in [1.29, 1.82) is 0 Å². The number of hydrogen-bond acceptors (Lipinski definition) is 4. The summed E-state index contributed by atoms with van der Waals surface area (Å²) < 4.78 is 19.1. The molecule has 1 aliphatic rings. The quantitative estimate of drug-likeness (QED) is 0.495. The van der Waals surface area contributed by atoms with Crippen molar-refractivity contribution in [3.8, 4) is 5.75 Å². The fraction of sp³-hybridized carbons (Fsp3) is 0.500. The predicted molar refractivity (Wildman–Crippen MR) is 76.7 cm³/mol. The van der Waals surface area contributed by atoms with Gasteiger partial charge in [-0.25, -0.2) is 4.39 Å². The second kappa shape index (κ2) is 5.58. The van der Waals surface area contributed by atoms with Crippen molar-refractivity contribution in [1.82, 2.24) is 0 Å². The molecule has 1 saturated carbocycles. The number of halogens is 2. The van der Waals surface area contributed by atoms with Crippen molar-refractivity contribution in [2.45, 2.75) is 31.2 Å². The van der Waals surface area contributed by atoms with Crippen LogP contribution in [-0.4, -0.2) is 17.1 Å². The minimum Gasteiger partial charge on any atom is -0.485 e. The first kappa shape index (κ1) is 14.4. The van der Waals surface area contributed by atoms with E-state index in [-0.39, 0.29) is 21.6 Å². The van der Waals surface area contributed by atoms with Gasteiger partial charge in [-0.3, -0.25) is 10.1 Å². The van der Waals surface area contributed by atoms with Gasteiger partial charge in [0.25, 0.3) is 0 Å². The first-order valence-corrected chi connectivity index (χ1v) is 7.04. The van der Waals surface area contributed by atoms with Crippen LogP contribution < -0.4 is 10.5 Å². The molecular weight excluding hydrogens is 366 g/mol. The molecule has 0 radical (unpaired) electrons. The van der Waals surface area contributed by atoms with Crippen LogP contribution in [0.1, 0.15) is 25.7 Å². The molecule has 1 aromatic carbocycles. The Labute approximate surface area is 123 Å². The Bertz CT molecular complexity index is 504. The molecule has 1 aromatic rings. The van der Waals surface area contributed by atoms with E-state index in [1.807, 2.05) is 0 Å². The van der Waals surface area contributed by atoms with Crippen molar-refractivity contribution >= 4 is 28.3 Å². The van der Waals surface area contributed by atoms with E-state index >= 15 is 0 Å². The number of hydrogen-bond donors (Lipinski definition) is 1. The summed E-state index contributed by atoms with van der Waals surface area (Å²) in [4.78, 5) is 10.4. The van der Waals surface area contributed by atoms with Crippen LogP contribution in [0.15, 0.2) is 12.1 Å². The molecule has 1 aliphatic carbocycles. The Kier molecular flexibility index (Phi) is 4.24. The molecule has 0 unspecified atom stereocenters. The molecule has 0 heterocycles. The van der Waals surface area contributed by atoms with Crippen LogP contribution in [0.5, 0.6) is 5.75 Å². The Morgan fingerprint density at radius 3 is 2.68 bits per heavy atom. The summed E-state index contributed by atoms with van der Waals surface area (Å²) in [5, 5.41) is 10.9. The minimum atomic E-state index is -0.575. The van der Waals surface area contributed by atoms with Crippen LogP contribution >= 0.6 is 22.6 Å². The number of nitro benzene ring substituents is 1. The van der Waals surface area contributed by atoms with Crippen LogP contribution in [0, 0.1) is 19.5 Å². The lowest BCUT2D eigenvalue weighted by atomic mass is 10.0. The molecule has 104 valence electrons. The fourth-order valence-electron chi connectivity index (χ4n) is 2.22. The van der Waals surface area contributed by atoms with Crippen molar-refractivity contribution in [3.05, 3.63) is 31.6 Å². The van der Waals surface area contributed by atoms with E-state index in [2.05, 4.69) is 0 Å². The third-order valence-electron chi connectivity index (χ3n) is 3.31. The molecule has 0 aliphatic heterocycles. The number of benzene rings is 1. The molecule has 19 heavy (non-hydrogen) atoms. The van der Waals surface area contributed by atoms with Gasteiger partial charge in [0.15, 0.2) is 5.75 Å². The van der Waals surface area contributed by atoms with E-state index < -0.39 is 16.3 Å². The molecule has 0 atom stereocenters. The SMILES string of the molecule is NC1(COc2cc(F)c(I)cc2[N+](=O)[O-])CCCC1. The molecule has 0 spiro atoms. The molecule has 5 nitrogen and oxygen atoms in total. The topological polar surface area (TPSA) is 78.4 Å².